The number of nitrogens with zero attached hydrogens (tertiary/aromatic N) is 1. The topological polar surface area (TPSA) is 55.1 Å². The van der Waals surface area contributed by atoms with Gasteiger partial charge in [0.1, 0.15) is 11.6 Å². The van der Waals surface area contributed by atoms with Gasteiger partial charge in [-0.2, -0.15) is 0 Å². The second kappa shape index (κ2) is 4.37. The number of benzene rings is 1. The first-order chi connectivity index (χ1) is 8.11. The zero-order chi connectivity index (χ0) is 12.4. The number of oxazole rings is 1. The van der Waals surface area contributed by atoms with Gasteiger partial charge in [0.15, 0.2) is 5.69 Å². The molecule has 88 valence electrons. The Bertz CT molecular complexity index is 563. The molecule has 1 heterocycles. The molecule has 4 nitrogen and oxygen atoms in total. The van der Waals surface area contributed by atoms with Crippen LogP contribution in [-0.4, -0.2) is 17.9 Å². The molecule has 2 rings (SSSR count). The summed E-state index contributed by atoms with van der Waals surface area (Å²) in [6.07, 6.45) is 0. The van der Waals surface area contributed by atoms with Crippen LogP contribution in [0.3, 0.4) is 0 Å². The first kappa shape index (κ1) is 11.3. The lowest BCUT2D eigenvalue weighted by atomic mass is 10.2. The molecular weight excluding hydrogens is 223 g/mol. The van der Waals surface area contributed by atoms with Gasteiger partial charge >= 0.3 is 0 Å². The van der Waals surface area contributed by atoms with Crippen LogP contribution < -0.4 is 5.32 Å². The smallest absolute Gasteiger partial charge is 0.273 e. The highest BCUT2D eigenvalue weighted by Crippen LogP contribution is 2.22. The standard InChI is InChI=1S/C12H11FN2O2/c1-7-10(11(16)14-2)15-12(17-7)8-4-3-5-9(13)6-8/h3-6H,1-2H3,(H,14,16). The fourth-order valence-electron chi connectivity index (χ4n) is 1.47. The molecule has 1 aromatic carbocycles. The first-order valence-electron chi connectivity index (χ1n) is 5.07. The Kier molecular flexibility index (Phi) is 2.91. The summed E-state index contributed by atoms with van der Waals surface area (Å²) in [5.74, 6) is -0.0574. The zero-order valence-electron chi connectivity index (χ0n) is 9.45. The van der Waals surface area contributed by atoms with Crippen molar-refractivity contribution >= 4 is 5.91 Å². The molecule has 0 fully saturated rings. The third-order valence-corrected chi connectivity index (χ3v) is 2.31. The van der Waals surface area contributed by atoms with Gasteiger partial charge in [-0.3, -0.25) is 4.79 Å². The van der Waals surface area contributed by atoms with Crippen LogP contribution in [-0.2, 0) is 0 Å². The molecule has 5 heteroatoms. The maximum atomic E-state index is 13.0. The maximum absolute atomic E-state index is 13.0. The minimum Gasteiger partial charge on any atom is -0.441 e. The molecule has 0 unspecified atom stereocenters. The molecular formula is C12H11FN2O2. The lowest BCUT2D eigenvalue weighted by molar-refractivity contribution is 0.0957. The van der Waals surface area contributed by atoms with Gasteiger partial charge in [-0.05, 0) is 25.1 Å². The number of aryl methyl sites for hydroxylation is 1. The third kappa shape index (κ3) is 2.18. The van der Waals surface area contributed by atoms with Crippen LogP contribution in [0.25, 0.3) is 11.5 Å². The largest absolute Gasteiger partial charge is 0.441 e. The highest BCUT2D eigenvalue weighted by molar-refractivity contribution is 5.93. The number of rotatable bonds is 2. The fourth-order valence-corrected chi connectivity index (χ4v) is 1.47. The SMILES string of the molecule is CNC(=O)c1nc(-c2cccc(F)c2)oc1C. The lowest BCUT2D eigenvalue weighted by Crippen LogP contribution is -2.19. The van der Waals surface area contributed by atoms with Gasteiger partial charge in [0.05, 0.1) is 0 Å². The molecule has 0 aliphatic heterocycles. The van der Waals surface area contributed by atoms with E-state index in [-0.39, 0.29) is 23.3 Å². The third-order valence-electron chi connectivity index (χ3n) is 2.31. The Balaban J connectivity index is 2.44. The Labute approximate surface area is 97.5 Å². The van der Waals surface area contributed by atoms with Gasteiger partial charge in [-0.1, -0.05) is 6.07 Å². The fraction of sp³-hybridized carbons (Fsp3) is 0.167. The van der Waals surface area contributed by atoms with Gasteiger partial charge in [0, 0.05) is 12.6 Å². The van der Waals surface area contributed by atoms with Crippen LogP contribution in [0.5, 0.6) is 0 Å². The highest BCUT2D eigenvalue weighted by atomic mass is 19.1. The van der Waals surface area contributed by atoms with Crippen LogP contribution in [0.2, 0.25) is 0 Å². The number of amides is 1. The molecule has 1 amide bonds. The average molecular weight is 234 g/mol. The minimum absolute atomic E-state index is 0.215. The molecule has 2 aromatic rings. The van der Waals surface area contributed by atoms with Crippen LogP contribution in [0.15, 0.2) is 28.7 Å². The second-order valence-electron chi connectivity index (χ2n) is 3.51. The van der Waals surface area contributed by atoms with E-state index in [1.165, 1.54) is 19.2 Å². The van der Waals surface area contributed by atoms with E-state index in [0.717, 1.165) is 0 Å². The number of carbonyl (C=O) groups excluding carboxylic acids is 1. The van der Waals surface area contributed by atoms with Crippen LogP contribution in [0.1, 0.15) is 16.2 Å². The number of hydrogen-bond donors (Lipinski definition) is 1. The van der Waals surface area contributed by atoms with Crippen molar-refractivity contribution < 1.29 is 13.6 Å². The summed E-state index contributed by atoms with van der Waals surface area (Å²) >= 11 is 0. The van der Waals surface area contributed by atoms with E-state index in [0.29, 0.717) is 11.3 Å². The molecule has 0 radical (unpaired) electrons. The molecule has 17 heavy (non-hydrogen) atoms. The number of aromatic nitrogens is 1. The normalized spacial score (nSPS) is 10.3. The molecule has 0 saturated heterocycles. The van der Waals surface area contributed by atoms with Crippen LogP contribution in [0, 0.1) is 12.7 Å². The lowest BCUT2D eigenvalue weighted by Gasteiger charge is -1.94. The molecule has 0 saturated carbocycles. The maximum Gasteiger partial charge on any atom is 0.273 e. The summed E-state index contributed by atoms with van der Waals surface area (Å²) in [4.78, 5) is 15.5. The van der Waals surface area contributed by atoms with Gasteiger partial charge in [0.2, 0.25) is 5.89 Å². The number of carbonyl (C=O) groups is 1. The van der Waals surface area contributed by atoms with Gasteiger partial charge < -0.3 is 9.73 Å². The summed E-state index contributed by atoms with van der Waals surface area (Å²) in [6.45, 7) is 1.64. The first-order valence-corrected chi connectivity index (χ1v) is 5.07. The van der Waals surface area contributed by atoms with Gasteiger partial charge in [-0.25, -0.2) is 9.37 Å². The predicted octanol–water partition coefficient (Wildman–Crippen LogP) is 2.15. The van der Waals surface area contributed by atoms with Crippen molar-refractivity contribution in [2.75, 3.05) is 7.05 Å². The van der Waals surface area contributed by atoms with Crippen LogP contribution in [0.4, 0.5) is 4.39 Å². The number of hydrogen-bond acceptors (Lipinski definition) is 3. The molecule has 0 aliphatic rings. The molecule has 0 bridgehead atoms. The number of halogens is 1. The molecule has 0 atom stereocenters. The molecule has 0 spiro atoms. The summed E-state index contributed by atoms with van der Waals surface area (Å²) in [5, 5.41) is 2.46. The Morgan fingerprint density at radius 3 is 2.88 bits per heavy atom. The van der Waals surface area contributed by atoms with E-state index in [4.69, 9.17) is 4.42 Å². The van der Waals surface area contributed by atoms with Gasteiger partial charge in [-0.15, -0.1) is 0 Å². The highest BCUT2D eigenvalue weighted by Gasteiger charge is 2.16. The van der Waals surface area contributed by atoms with Crippen molar-refractivity contribution in [1.29, 1.82) is 0 Å². The van der Waals surface area contributed by atoms with E-state index in [2.05, 4.69) is 10.3 Å². The van der Waals surface area contributed by atoms with E-state index in [9.17, 15) is 9.18 Å². The summed E-state index contributed by atoms with van der Waals surface area (Å²) < 4.78 is 18.4. The second-order valence-corrected chi connectivity index (χ2v) is 3.51. The summed E-state index contributed by atoms with van der Waals surface area (Å²) in [6, 6.07) is 5.86. The molecule has 1 aromatic heterocycles. The Morgan fingerprint density at radius 2 is 2.24 bits per heavy atom. The molecule has 1 N–H and O–H groups in total. The van der Waals surface area contributed by atoms with Crippen molar-refractivity contribution in [2.24, 2.45) is 0 Å². The predicted molar refractivity (Wildman–Crippen MR) is 60.0 cm³/mol. The Hall–Kier alpha value is -2.17. The Morgan fingerprint density at radius 1 is 1.47 bits per heavy atom. The van der Waals surface area contributed by atoms with E-state index in [1.807, 2.05) is 0 Å². The average Bonchev–Trinajstić information content (AvgIpc) is 2.70. The summed E-state index contributed by atoms with van der Waals surface area (Å²) in [5.41, 5.74) is 0.718. The van der Waals surface area contributed by atoms with Crippen molar-refractivity contribution in [3.8, 4) is 11.5 Å². The molecule has 0 aliphatic carbocycles. The van der Waals surface area contributed by atoms with Crippen molar-refractivity contribution in [3.63, 3.8) is 0 Å². The van der Waals surface area contributed by atoms with E-state index >= 15 is 0 Å². The van der Waals surface area contributed by atoms with E-state index in [1.54, 1.807) is 19.1 Å². The zero-order valence-corrected chi connectivity index (χ0v) is 9.45. The quantitative estimate of drug-likeness (QED) is 0.866. The van der Waals surface area contributed by atoms with Crippen molar-refractivity contribution in [3.05, 3.63) is 41.5 Å². The minimum atomic E-state index is -0.375. The van der Waals surface area contributed by atoms with Crippen molar-refractivity contribution in [2.45, 2.75) is 6.92 Å². The van der Waals surface area contributed by atoms with E-state index < -0.39 is 0 Å². The van der Waals surface area contributed by atoms with Gasteiger partial charge in [0.25, 0.3) is 5.91 Å². The number of nitrogens with one attached hydrogen (secondary N) is 1. The van der Waals surface area contributed by atoms with Crippen molar-refractivity contribution in [1.82, 2.24) is 10.3 Å². The van der Waals surface area contributed by atoms with Crippen LogP contribution >= 0.6 is 0 Å². The summed E-state index contributed by atoms with van der Waals surface area (Å²) in [7, 11) is 1.51. The monoisotopic (exact) mass is 234 g/mol.